The van der Waals surface area contributed by atoms with Gasteiger partial charge in [-0.2, -0.15) is 13.2 Å². The van der Waals surface area contributed by atoms with Gasteiger partial charge in [0.2, 0.25) is 11.8 Å². The number of carbonyl (C=O) groups is 3. The molecule has 2 aromatic rings. The summed E-state index contributed by atoms with van der Waals surface area (Å²) in [6.07, 6.45) is -3.43. The summed E-state index contributed by atoms with van der Waals surface area (Å²) in [6, 6.07) is 12.0. The van der Waals surface area contributed by atoms with Gasteiger partial charge in [-0.25, -0.2) is 0 Å². The topological polar surface area (TPSA) is 57.7 Å². The second-order valence-corrected chi connectivity index (χ2v) is 8.78. The van der Waals surface area contributed by atoms with Gasteiger partial charge in [0, 0.05) is 43.2 Å². The van der Waals surface area contributed by atoms with E-state index >= 15 is 0 Å². The molecule has 8 heteroatoms. The predicted molar refractivity (Wildman–Crippen MR) is 117 cm³/mol. The highest BCUT2D eigenvalue weighted by atomic mass is 19.4. The molecule has 0 aromatic heterocycles. The van der Waals surface area contributed by atoms with Gasteiger partial charge in [-0.05, 0) is 38.0 Å². The number of alkyl halides is 3. The van der Waals surface area contributed by atoms with Crippen molar-refractivity contribution in [2.75, 3.05) is 24.5 Å². The zero-order valence-electron chi connectivity index (χ0n) is 18.3. The number of hydrogen-bond donors (Lipinski definition) is 0. The number of benzene rings is 2. The SMILES string of the molecule is Cc1ccc(C(=O)C2CCN(C(=O)C3CC(=O)N(c4cccc(C(F)(F)F)c4)C3)CC2)cc1. The van der Waals surface area contributed by atoms with Gasteiger partial charge in [0.05, 0.1) is 11.5 Å². The molecule has 2 fully saturated rings. The highest BCUT2D eigenvalue weighted by Gasteiger charge is 2.39. The van der Waals surface area contributed by atoms with Gasteiger partial charge in [-0.15, -0.1) is 0 Å². The third kappa shape index (κ3) is 4.94. The predicted octanol–water partition coefficient (Wildman–Crippen LogP) is 4.49. The molecule has 2 saturated heterocycles. The molecule has 1 atom stereocenters. The molecule has 174 valence electrons. The fourth-order valence-corrected chi connectivity index (χ4v) is 4.55. The lowest BCUT2D eigenvalue weighted by atomic mass is 9.88. The summed E-state index contributed by atoms with van der Waals surface area (Å²) in [6.45, 7) is 2.87. The van der Waals surface area contributed by atoms with Crippen molar-refractivity contribution in [3.8, 4) is 0 Å². The van der Waals surface area contributed by atoms with Crippen molar-refractivity contribution in [3.63, 3.8) is 0 Å². The molecule has 0 radical (unpaired) electrons. The molecule has 33 heavy (non-hydrogen) atoms. The lowest BCUT2D eigenvalue weighted by molar-refractivity contribution is -0.138. The molecule has 2 aliphatic rings. The first-order chi connectivity index (χ1) is 15.6. The Bertz CT molecular complexity index is 1060. The summed E-state index contributed by atoms with van der Waals surface area (Å²) in [5, 5.41) is 0. The van der Waals surface area contributed by atoms with Crippen molar-refractivity contribution >= 4 is 23.3 Å². The van der Waals surface area contributed by atoms with Crippen molar-refractivity contribution in [2.45, 2.75) is 32.4 Å². The van der Waals surface area contributed by atoms with Gasteiger partial charge >= 0.3 is 6.18 Å². The minimum atomic E-state index is -4.51. The summed E-state index contributed by atoms with van der Waals surface area (Å²) in [5.74, 6) is -1.22. The lowest BCUT2D eigenvalue weighted by Gasteiger charge is -2.33. The van der Waals surface area contributed by atoms with Crippen molar-refractivity contribution < 1.29 is 27.6 Å². The molecular formula is C25H25F3N2O3. The number of hydrogen-bond acceptors (Lipinski definition) is 3. The summed E-state index contributed by atoms with van der Waals surface area (Å²) in [7, 11) is 0. The van der Waals surface area contributed by atoms with Crippen LogP contribution >= 0.6 is 0 Å². The maximum atomic E-state index is 13.0. The van der Waals surface area contributed by atoms with Crippen LogP contribution in [0.25, 0.3) is 0 Å². The molecular weight excluding hydrogens is 433 g/mol. The van der Waals surface area contributed by atoms with Gasteiger partial charge in [0.25, 0.3) is 0 Å². The minimum Gasteiger partial charge on any atom is -0.342 e. The fourth-order valence-electron chi connectivity index (χ4n) is 4.55. The molecule has 0 bridgehead atoms. The molecule has 4 rings (SSSR count). The largest absolute Gasteiger partial charge is 0.416 e. The van der Waals surface area contributed by atoms with E-state index in [0.29, 0.717) is 31.5 Å². The maximum Gasteiger partial charge on any atom is 0.416 e. The van der Waals surface area contributed by atoms with Crippen LogP contribution < -0.4 is 4.90 Å². The number of carbonyl (C=O) groups excluding carboxylic acids is 3. The highest BCUT2D eigenvalue weighted by molar-refractivity contribution is 6.00. The summed E-state index contributed by atoms with van der Waals surface area (Å²) >= 11 is 0. The van der Waals surface area contributed by atoms with E-state index in [-0.39, 0.29) is 42.2 Å². The second kappa shape index (κ2) is 9.00. The van der Waals surface area contributed by atoms with E-state index in [0.717, 1.165) is 17.7 Å². The molecule has 1 unspecified atom stereocenters. The first kappa shape index (κ1) is 23.0. The summed E-state index contributed by atoms with van der Waals surface area (Å²) in [4.78, 5) is 41.2. The molecule has 0 saturated carbocycles. The molecule has 2 amide bonds. The average Bonchev–Trinajstić information content (AvgIpc) is 3.20. The van der Waals surface area contributed by atoms with Gasteiger partial charge < -0.3 is 9.80 Å². The van der Waals surface area contributed by atoms with Crippen molar-refractivity contribution in [1.82, 2.24) is 4.90 Å². The smallest absolute Gasteiger partial charge is 0.342 e. The normalized spacial score (nSPS) is 19.8. The van der Waals surface area contributed by atoms with E-state index in [9.17, 15) is 27.6 Å². The average molecular weight is 458 g/mol. The first-order valence-electron chi connectivity index (χ1n) is 11.0. The number of amides is 2. The zero-order valence-corrected chi connectivity index (χ0v) is 18.3. The summed E-state index contributed by atoms with van der Waals surface area (Å²) < 4.78 is 39.1. The van der Waals surface area contributed by atoms with Crippen LogP contribution in [0.15, 0.2) is 48.5 Å². The van der Waals surface area contributed by atoms with E-state index in [2.05, 4.69) is 0 Å². The van der Waals surface area contributed by atoms with Crippen LogP contribution in [-0.2, 0) is 15.8 Å². The molecule has 2 aliphatic heterocycles. The van der Waals surface area contributed by atoms with Crippen molar-refractivity contribution in [3.05, 3.63) is 65.2 Å². The second-order valence-electron chi connectivity index (χ2n) is 8.78. The summed E-state index contributed by atoms with van der Waals surface area (Å²) in [5.41, 5.74) is 1.07. The van der Waals surface area contributed by atoms with Crippen LogP contribution in [-0.4, -0.2) is 42.1 Å². The van der Waals surface area contributed by atoms with E-state index < -0.39 is 17.7 Å². The molecule has 2 aromatic carbocycles. The van der Waals surface area contributed by atoms with E-state index in [1.807, 2.05) is 31.2 Å². The maximum absolute atomic E-state index is 13.0. The Balaban J connectivity index is 1.36. The van der Waals surface area contributed by atoms with Crippen LogP contribution in [0.3, 0.4) is 0 Å². The number of anilines is 1. The third-order valence-electron chi connectivity index (χ3n) is 6.47. The van der Waals surface area contributed by atoms with Crippen molar-refractivity contribution in [1.29, 1.82) is 0 Å². The Hall–Kier alpha value is -3.16. The molecule has 2 heterocycles. The number of rotatable bonds is 4. The standard InChI is InChI=1S/C25H25F3N2O3/c1-16-5-7-17(8-6-16)23(32)18-9-11-29(12-10-18)24(33)19-13-22(31)30(15-19)21-4-2-3-20(14-21)25(26,27)28/h2-8,14,18-19H,9-13,15H2,1H3. The van der Waals surface area contributed by atoms with Crippen LogP contribution in [0.2, 0.25) is 0 Å². The Kier molecular flexibility index (Phi) is 6.28. The van der Waals surface area contributed by atoms with Gasteiger partial charge in [0.1, 0.15) is 0 Å². The zero-order chi connectivity index (χ0) is 23.8. The molecule has 0 spiro atoms. The van der Waals surface area contributed by atoms with Crippen LogP contribution in [0.4, 0.5) is 18.9 Å². The van der Waals surface area contributed by atoms with Crippen molar-refractivity contribution in [2.24, 2.45) is 11.8 Å². The first-order valence-corrected chi connectivity index (χ1v) is 11.0. The van der Waals surface area contributed by atoms with E-state index in [1.54, 1.807) is 4.90 Å². The van der Waals surface area contributed by atoms with Crippen LogP contribution in [0, 0.1) is 18.8 Å². The quantitative estimate of drug-likeness (QED) is 0.635. The molecule has 0 aliphatic carbocycles. The Labute approximate surface area is 190 Å². The molecule has 0 N–H and O–H groups in total. The number of Topliss-reactive ketones (excluding diaryl/α,β-unsaturated/α-hetero) is 1. The van der Waals surface area contributed by atoms with Gasteiger partial charge in [-0.1, -0.05) is 35.9 Å². The molecule has 5 nitrogen and oxygen atoms in total. The highest BCUT2D eigenvalue weighted by Crippen LogP contribution is 2.34. The Morgan fingerprint density at radius 2 is 1.64 bits per heavy atom. The van der Waals surface area contributed by atoms with E-state index in [1.165, 1.54) is 17.0 Å². The number of aryl methyl sites for hydroxylation is 1. The number of ketones is 1. The van der Waals surface area contributed by atoms with Crippen LogP contribution in [0.5, 0.6) is 0 Å². The minimum absolute atomic E-state index is 0.0305. The Morgan fingerprint density at radius 3 is 2.27 bits per heavy atom. The Morgan fingerprint density at radius 1 is 0.970 bits per heavy atom. The van der Waals surface area contributed by atoms with Gasteiger partial charge in [-0.3, -0.25) is 14.4 Å². The number of halogens is 3. The van der Waals surface area contributed by atoms with E-state index in [4.69, 9.17) is 0 Å². The fraction of sp³-hybridized carbons (Fsp3) is 0.400. The monoisotopic (exact) mass is 458 g/mol. The lowest BCUT2D eigenvalue weighted by Crippen LogP contribution is -2.43. The number of piperidine rings is 1. The number of likely N-dealkylation sites (tertiary alicyclic amines) is 1. The van der Waals surface area contributed by atoms with Gasteiger partial charge in [0.15, 0.2) is 5.78 Å². The van der Waals surface area contributed by atoms with Crippen LogP contribution in [0.1, 0.15) is 40.7 Å². The third-order valence-corrected chi connectivity index (χ3v) is 6.47. The number of nitrogens with zero attached hydrogens (tertiary/aromatic N) is 2.